The zero-order valence-electron chi connectivity index (χ0n) is 16.5. The second kappa shape index (κ2) is 9.55. The first kappa shape index (κ1) is 20.1. The van der Waals surface area contributed by atoms with Crippen LogP contribution in [0, 0.1) is 0 Å². The summed E-state index contributed by atoms with van der Waals surface area (Å²) in [4.78, 5) is 23.5. The summed E-state index contributed by atoms with van der Waals surface area (Å²) in [6.45, 7) is 3.37. The van der Waals surface area contributed by atoms with Crippen molar-refractivity contribution in [3.05, 3.63) is 58.7 Å². The highest BCUT2D eigenvalue weighted by Gasteiger charge is 2.14. The van der Waals surface area contributed by atoms with Gasteiger partial charge in [0.25, 0.3) is 5.91 Å². The van der Waals surface area contributed by atoms with Crippen molar-refractivity contribution in [3.8, 4) is 11.5 Å². The van der Waals surface area contributed by atoms with Crippen molar-refractivity contribution in [2.75, 3.05) is 43.6 Å². The average molecular weight is 426 g/mol. The molecule has 9 heteroatoms. The van der Waals surface area contributed by atoms with Crippen LogP contribution in [0.3, 0.4) is 0 Å². The summed E-state index contributed by atoms with van der Waals surface area (Å²) in [5.41, 5.74) is 3.69. The molecule has 1 aliphatic rings. The Balaban J connectivity index is 1.40. The number of carbonyl (C=O) groups is 1. The molecule has 0 bridgehead atoms. The van der Waals surface area contributed by atoms with Gasteiger partial charge in [-0.15, -0.1) is 11.3 Å². The van der Waals surface area contributed by atoms with Crippen molar-refractivity contribution < 1.29 is 19.0 Å². The first-order valence-electron chi connectivity index (χ1n) is 9.51. The number of benzene rings is 1. The minimum atomic E-state index is -0.250. The van der Waals surface area contributed by atoms with Crippen LogP contribution in [-0.2, 0) is 11.3 Å². The van der Waals surface area contributed by atoms with Crippen LogP contribution in [0.4, 0.5) is 11.5 Å². The molecule has 8 nitrogen and oxygen atoms in total. The first-order chi connectivity index (χ1) is 14.7. The van der Waals surface area contributed by atoms with Gasteiger partial charge in [0, 0.05) is 24.0 Å². The standard InChI is InChI=1S/C21H22N4O4S/c1-27-19-10-15(2-4-18(19)29-12-17-13-30-14-23-17)21(26)24-16-3-5-20(22-11-16)25-6-8-28-9-7-25/h2-5,10-11,13-14H,6-9,12H2,1H3,(H,24,26). The van der Waals surface area contributed by atoms with E-state index >= 15 is 0 Å². The zero-order chi connectivity index (χ0) is 20.8. The third-order valence-corrected chi connectivity index (χ3v) is 5.26. The Hall–Kier alpha value is -3.17. The third kappa shape index (κ3) is 4.87. The van der Waals surface area contributed by atoms with Gasteiger partial charge < -0.3 is 24.4 Å². The average Bonchev–Trinajstić information content (AvgIpc) is 3.32. The highest BCUT2D eigenvalue weighted by molar-refractivity contribution is 7.07. The molecular weight excluding hydrogens is 404 g/mol. The topological polar surface area (TPSA) is 85.8 Å². The summed E-state index contributed by atoms with van der Waals surface area (Å²) in [6.07, 6.45) is 1.66. The number of nitrogens with one attached hydrogen (secondary N) is 1. The van der Waals surface area contributed by atoms with Crippen LogP contribution < -0.4 is 19.7 Å². The number of anilines is 2. The molecule has 1 N–H and O–H groups in total. The normalized spacial score (nSPS) is 13.7. The third-order valence-electron chi connectivity index (χ3n) is 4.63. The summed E-state index contributed by atoms with van der Waals surface area (Å²) in [6, 6.07) is 8.82. The molecule has 1 amide bonds. The van der Waals surface area contributed by atoms with Gasteiger partial charge in [0.15, 0.2) is 11.5 Å². The molecule has 0 atom stereocenters. The molecule has 1 aromatic carbocycles. The second-order valence-electron chi connectivity index (χ2n) is 6.59. The van der Waals surface area contributed by atoms with Crippen molar-refractivity contribution in [2.24, 2.45) is 0 Å². The number of aromatic nitrogens is 2. The van der Waals surface area contributed by atoms with E-state index in [4.69, 9.17) is 14.2 Å². The summed E-state index contributed by atoms with van der Waals surface area (Å²) in [5.74, 6) is 1.66. The van der Waals surface area contributed by atoms with Gasteiger partial charge in [0.05, 0.1) is 43.4 Å². The predicted octanol–water partition coefficient (Wildman–Crippen LogP) is 3.21. The zero-order valence-corrected chi connectivity index (χ0v) is 17.4. The maximum atomic E-state index is 12.7. The fourth-order valence-electron chi connectivity index (χ4n) is 3.03. The van der Waals surface area contributed by atoms with Crippen LogP contribution in [-0.4, -0.2) is 49.3 Å². The summed E-state index contributed by atoms with van der Waals surface area (Å²) in [5, 5.41) is 4.79. The van der Waals surface area contributed by atoms with Crippen molar-refractivity contribution in [1.82, 2.24) is 9.97 Å². The van der Waals surface area contributed by atoms with E-state index in [1.165, 1.54) is 11.3 Å². The largest absolute Gasteiger partial charge is 0.493 e. The Bertz CT molecular complexity index is 973. The number of ether oxygens (including phenoxy) is 3. The molecule has 3 heterocycles. The van der Waals surface area contributed by atoms with E-state index in [1.54, 1.807) is 37.0 Å². The minimum Gasteiger partial charge on any atom is -0.493 e. The lowest BCUT2D eigenvalue weighted by Crippen LogP contribution is -2.36. The van der Waals surface area contributed by atoms with E-state index < -0.39 is 0 Å². The Morgan fingerprint density at radius 2 is 2.07 bits per heavy atom. The van der Waals surface area contributed by atoms with Gasteiger partial charge in [-0.05, 0) is 30.3 Å². The smallest absolute Gasteiger partial charge is 0.255 e. The van der Waals surface area contributed by atoms with E-state index in [-0.39, 0.29) is 5.91 Å². The van der Waals surface area contributed by atoms with Crippen molar-refractivity contribution in [2.45, 2.75) is 6.61 Å². The van der Waals surface area contributed by atoms with Crippen LogP contribution >= 0.6 is 11.3 Å². The highest BCUT2D eigenvalue weighted by atomic mass is 32.1. The van der Waals surface area contributed by atoms with Gasteiger partial charge >= 0.3 is 0 Å². The lowest BCUT2D eigenvalue weighted by atomic mass is 10.2. The minimum absolute atomic E-state index is 0.250. The molecule has 0 saturated carbocycles. The Kier molecular flexibility index (Phi) is 6.41. The van der Waals surface area contributed by atoms with E-state index in [1.807, 2.05) is 17.5 Å². The number of morpholine rings is 1. The van der Waals surface area contributed by atoms with Crippen molar-refractivity contribution in [3.63, 3.8) is 0 Å². The van der Waals surface area contributed by atoms with Crippen molar-refractivity contribution in [1.29, 1.82) is 0 Å². The molecular formula is C21H22N4O4S. The number of pyridine rings is 1. The van der Waals surface area contributed by atoms with Crippen LogP contribution in [0.2, 0.25) is 0 Å². The Morgan fingerprint density at radius 3 is 2.77 bits per heavy atom. The second-order valence-corrected chi connectivity index (χ2v) is 7.31. The van der Waals surface area contributed by atoms with Gasteiger partial charge in [-0.1, -0.05) is 0 Å². The number of hydrogen-bond acceptors (Lipinski definition) is 8. The van der Waals surface area contributed by atoms with Gasteiger partial charge in [-0.25, -0.2) is 9.97 Å². The van der Waals surface area contributed by atoms with E-state index in [0.29, 0.717) is 42.6 Å². The lowest BCUT2D eigenvalue weighted by Gasteiger charge is -2.27. The first-order valence-corrected chi connectivity index (χ1v) is 10.5. The number of nitrogens with zero attached hydrogens (tertiary/aromatic N) is 3. The number of rotatable bonds is 7. The van der Waals surface area contributed by atoms with Gasteiger partial charge in [-0.3, -0.25) is 4.79 Å². The number of methoxy groups -OCH3 is 1. The molecule has 30 heavy (non-hydrogen) atoms. The maximum Gasteiger partial charge on any atom is 0.255 e. The molecule has 0 unspecified atom stereocenters. The van der Waals surface area contributed by atoms with Gasteiger partial charge in [0.2, 0.25) is 0 Å². The molecule has 1 fully saturated rings. The molecule has 1 aliphatic heterocycles. The molecule has 2 aromatic heterocycles. The van der Waals surface area contributed by atoms with Crippen molar-refractivity contribution >= 4 is 28.7 Å². The monoisotopic (exact) mass is 426 g/mol. The molecule has 156 valence electrons. The van der Waals surface area contributed by atoms with E-state index in [9.17, 15) is 4.79 Å². The highest BCUT2D eigenvalue weighted by Crippen LogP contribution is 2.29. The van der Waals surface area contributed by atoms with Gasteiger partial charge in [0.1, 0.15) is 12.4 Å². The van der Waals surface area contributed by atoms with Gasteiger partial charge in [-0.2, -0.15) is 0 Å². The van der Waals surface area contributed by atoms with Crippen LogP contribution in [0.25, 0.3) is 0 Å². The van der Waals surface area contributed by atoms with Crippen LogP contribution in [0.5, 0.6) is 11.5 Å². The summed E-state index contributed by atoms with van der Waals surface area (Å²) in [7, 11) is 1.54. The number of amides is 1. The van der Waals surface area contributed by atoms with Crippen LogP contribution in [0.1, 0.15) is 16.1 Å². The fraction of sp³-hybridized carbons (Fsp3) is 0.286. The lowest BCUT2D eigenvalue weighted by molar-refractivity contribution is 0.102. The summed E-state index contributed by atoms with van der Waals surface area (Å²) >= 11 is 1.51. The predicted molar refractivity (Wildman–Crippen MR) is 115 cm³/mol. The molecule has 0 spiro atoms. The number of hydrogen-bond donors (Lipinski definition) is 1. The maximum absolute atomic E-state index is 12.7. The molecule has 0 aliphatic carbocycles. The Labute approximate surface area is 178 Å². The molecule has 4 rings (SSSR count). The van der Waals surface area contributed by atoms with E-state index in [0.717, 1.165) is 24.6 Å². The summed E-state index contributed by atoms with van der Waals surface area (Å²) < 4.78 is 16.5. The quantitative estimate of drug-likeness (QED) is 0.621. The number of thiazole rings is 1. The molecule has 3 aromatic rings. The molecule has 0 radical (unpaired) electrons. The van der Waals surface area contributed by atoms with Crippen LogP contribution in [0.15, 0.2) is 47.4 Å². The fourth-order valence-corrected chi connectivity index (χ4v) is 3.57. The Morgan fingerprint density at radius 1 is 1.20 bits per heavy atom. The van der Waals surface area contributed by atoms with E-state index in [2.05, 4.69) is 20.2 Å². The number of carbonyl (C=O) groups excluding carboxylic acids is 1. The molecule has 1 saturated heterocycles. The SMILES string of the molecule is COc1cc(C(=O)Nc2ccc(N3CCOCC3)nc2)ccc1OCc1cscn1.